The van der Waals surface area contributed by atoms with E-state index in [9.17, 15) is 4.79 Å². The van der Waals surface area contributed by atoms with Gasteiger partial charge in [0.05, 0.1) is 13.7 Å². The van der Waals surface area contributed by atoms with Crippen LogP contribution in [0.5, 0.6) is 0 Å². The van der Waals surface area contributed by atoms with E-state index in [-0.39, 0.29) is 5.97 Å². The van der Waals surface area contributed by atoms with Crippen LogP contribution in [0.25, 0.3) is 0 Å². The Morgan fingerprint density at radius 1 is 1.00 bits per heavy atom. The average molecular weight is 297 g/mol. The summed E-state index contributed by atoms with van der Waals surface area (Å²) < 4.78 is 4.84. The van der Waals surface area contributed by atoms with Gasteiger partial charge in [-0.3, -0.25) is 9.69 Å². The second-order valence-electron chi connectivity index (χ2n) is 6.46. The molecular formula is C18H35NO2. The number of ether oxygens (including phenoxy) is 1. The molecule has 1 fully saturated rings. The van der Waals surface area contributed by atoms with Crippen LogP contribution < -0.4 is 0 Å². The lowest BCUT2D eigenvalue weighted by atomic mass is 10.1. The van der Waals surface area contributed by atoms with Crippen LogP contribution in [0, 0.1) is 0 Å². The van der Waals surface area contributed by atoms with Crippen LogP contribution in [-0.2, 0) is 9.53 Å². The summed E-state index contributed by atoms with van der Waals surface area (Å²) in [4.78, 5) is 13.9. The number of carbonyl (C=O) groups is 1. The van der Waals surface area contributed by atoms with E-state index >= 15 is 0 Å². The molecule has 0 aromatic carbocycles. The van der Waals surface area contributed by atoms with Crippen LogP contribution in [0.1, 0.15) is 84.0 Å². The SMILES string of the molecule is CCCCCCCCCCN(CC(=O)OC)C1CCCC1. The molecule has 0 amide bonds. The third-order valence-corrected chi connectivity index (χ3v) is 4.70. The van der Waals surface area contributed by atoms with E-state index in [1.165, 1.54) is 84.2 Å². The van der Waals surface area contributed by atoms with Crippen LogP contribution in [-0.4, -0.2) is 37.1 Å². The molecule has 0 aromatic heterocycles. The highest BCUT2D eigenvalue weighted by atomic mass is 16.5. The van der Waals surface area contributed by atoms with E-state index in [4.69, 9.17) is 4.74 Å². The van der Waals surface area contributed by atoms with E-state index in [0.29, 0.717) is 12.6 Å². The quantitative estimate of drug-likeness (QED) is 0.391. The predicted octanol–water partition coefficient (Wildman–Crippen LogP) is 4.54. The molecule has 0 aromatic rings. The van der Waals surface area contributed by atoms with Crippen molar-refractivity contribution in [3.63, 3.8) is 0 Å². The first-order chi connectivity index (χ1) is 10.3. The summed E-state index contributed by atoms with van der Waals surface area (Å²) in [6.07, 6.45) is 15.9. The van der Waals surface area contributed by atoms with Gasteiger partial charge in [0.15, 0.2) is 0 Å². The number of unbranched alkanes of at least 4 members (excludes halogenated alkanes) is 7. The predicted molar refractivity (Wildman–Crippen MR) is 88.5 cm³/mol. The molecule has 0 N–H and O–H groups in total. The number of hydrogen-bond acceptors (Lipinski definition) is 3. The number of carbonyl (C=O) groups excluding carboxylic acids is 1. The lowest BCUT2D eigenvalue weighted by Gasteiger charge is -2.27. The Hall–Kier alpha value is -0.570. The van der Waals surface area contributed by atoms with E-state index in [1.54, 1.807) is 0 Å². The highest BCUT2D eigenvalue weighted by Gasteiger charge is 2.24. The van der Waals surface area contributed by atoms with Gasteiger partial charge in [0, 0.05) is 6.04 Å². The highest BCUT2D eigenvalue weighted by molar-refractivity contribution is 5.71. The number of esters is 1. The molecule has 0 unspecified atom stereocenters. The van der Waals surface area contributed by atoms with Gasteiger partial charge in [0.25, 0.3) is 0 Å². The van der Waals surface area contributed by atoms with Gasteiger partial charge in [-0.25, -0.2) is 0 Å². The van der Waals surface area contributed by atoms with Gasteiger partial charge in [-0.2, -0.15) is 0 Å². The lowest BCUT2D eigenvalue weighted by molar-refractivity contribution is -0.142. The molecule has 1 saturated carbocycles. The monoisotopic (exact) mass is 297 g/mol. The Labute approximate surface area is 131 Å². The standard InChI is InChI=1S/C18H35NO2/c1-3-4-5-6-7-8-9-12-15-19(16-18(20)21-2)17-13-10-11-14-17/h17H,3-16H2,1-2H3. The molecule has 0 heterocycles. The van der Waals surface area contributed by atoms with E-state index < -0.39 is 0 Å². The lowest BCUT2D eigenvalue weighted by Crippen LogP contribution is -2.38. The van der Waals surface area contributed by atoms with E-state index in [2.05, 4.69) is 11.8 Å². The number of rotatable bonds is 12. The summed E-state index contributed by atoms with van der Waals surface area (Å²) >= 11 is 0. The summed E-state index contributed by atoms with van der Waals surface area (Å²) in [6.45, 7) is 3.81. The Morgan fingerprint density at radius 3 is 2.14 bits per heavy atom. The van der Waals surface area contributed by atoms with Crippen molar-refractivity contribution < 1.29 is 9.53 Å². The molecule has 0 radical (unpaired) electrons. The Balaban J connectivity index is 2.12. The second kappa shape index (κ2) is 12.0. The zero-order chi connectivity index (χ0) is 15.3. The van der Waals surface area contributed by atoms with Gasteiger partial charge >= 0.3 is 5.97 Å². The molecule has 124 valence electrons. The number of hydrogen-bond donors (Lipinski definition) is 0. The van der Waals surface area contributed by atoms with Crippen molar-refractivity contribution in [2.45, 2.75) is 90.0 Å². The first-order valence-electron chi connectivity index (χ1n) is 9.08. The fourth-order valence-electron chi connectivity index (χ4n) is 3.34. The van der Waals surface area contributed by atoms with Crippen molar-refractivity contribution in [3.8, 4) is 0 Å². The van der Waals surface area contributed by atoms with Crippen molar-refractivity contribution in [3.05, 3.63) is 0 Å². The molecule has 0 bridgehead atoms. The van der Waals surface area contributed by atoms with Crippen LogP contribution in [0.15, 0.2) is 0 Å². The zero-order valence-electron chi connectivity index (χ0n) is 14.2. The zero-order valence-corrected chi connectivity index (χ0v) is 14.2. The fraction of sp³-hybridized carbons (Fsp3) is 0.944. The van der Waals surface area contributed by atoms with Crippen molar-refractivity contribution in [2.75, 3.05) is 20.2 Å². The minimum absolute atomic E-state index is 0.0820. The average Bonchev–Trinajstić information content (AvgIpc) is 3.02. The molecule has 3 nitrogen and oxygen atoms in total. The van der Waals surface area contributed by atoms with Crippen LogP contribution >= 0.6 is 0 Å². The summed E-state index contributed by atoms with van der Waals surface area (Å²) in [5, 5.41) is 0. The van der Waals surface area contributed by atoms with Gasteiger partial charge in [-0.15, -0.1) is 0 Å². The molecular weight excluding hydrogens is 262 g/mol. The molecule has 1 aliphatic rings. The summed E-state index contributed by atoms with van der Waals surface area (Å²) in [5.74, 6) is -0.0820. The van der Waals surface area contributed by atoms with Crippen LogP contribution in [0.2, 0.25) is 0 Å². The molecule has 0 spiro atoms. The minimum Gasteiger partial charge on any atom is -0.468 e. The summed E-state index contributed by atoms with van der Waals surface area (Å²) in [6, 6.07) is 0.619. The Bertz CT molecular complexity index is 262. The van der Waals surface area contributed by atoms with Gasteiger partial charge in [-0.1, -0.05) is 64.7 Å². The van der Waals surface area contributed by atoms with Crippen molar-refractivity contribution in [1.29, 1.82) is 0 Å². The normalized spacial score (nSPS) is 15.8. The van der Waals surface area contributed by atoms with E-state index in [0.717, 1.165) is 6.54 Å². The number of nitrogens with zero attached hydrogens (tertiary/aromatic N) is 1. The van der Waals surface area contributed by atoms with Crippen molar-refractivity contribution >= 4 is 5.97 Å². The highest BCUT2D eigenvalue weighted by Crippen LogP contribution is 2.24. The van der Waals surface area contributed by atoms with Crippen molar-refractivity contribution in [1.82, 2.24) is 4.90 Å². The van der Waals surface area contributed by atoms with Gasteiger partial charge < -0.3 is 4.74 Å². The van der Waals surface area contributed by atoms with Crippen LogP contribution in [0.4, 0.5) is 0 Å². The third kappa shape index (κ3) is 8.45. The smallest absolute Gasteiger partial charge is 0.319 e. The van der Waals surface area contributed by atoms with Gasteiger partial charge in [0.2, 0.25) is 0 Å². The molecule has 3 heteroatoms. The largest absolute Gasteiger partial charge is 0.468 e. The molecule has 1 aliphatic carbocycles. The van der Waals surface area contributed by atoms with Gasteiger partial charge in [0.1, 0.15) is 0 Å². The molecule has 0 atom stereocenters. The summed E-state index contributed by atoms with van der Waals surface area (Å²) in [7, 11) is 1.49. The topological polar surface area (TPSA) is 29.5 Å². The maximum Gasteiger partial charge on any atom is 0.319 e. The Morgan fingerprint density at radius 2 is 1.57 bits per heavy atom. The second-order valence-corrected chi connectivity index (χ2v) is 6.46. The van der Waals surface area contributed by atoms with E-state index in [1.807, 2.05) is 0 Å². The maximum atomic E-state index is 11.6. The molecule has 1 rings (SSSR count). The molecule has 0 aliphatic heterocycles. The summed E-state index contributed by atoms with van der Waals surface area (Å²) in [5.41, 5.74) is 0. The van der Waals surface area contributed by atoms with Crippen molar-refractivity contribution in [2.24, 2.45) is 0 Å². The van der Waals surface area contributed by atoms with Crippen LogP contribution in [0.3, 0.4) is 0 Å². The molecule has 21 heavy (non-hydrogen) atoms. The maximum absolute atomic E-state index is 11.6. The third-order valence-electron chi connectivity index (χ3n) is 4.70. The van der Waals surface area contributed by atoms with Gasteiger partial charge in [-0.05, 0) is 25.8 Å². The Kier molecular flexibility index (Phi) is 10.6. The molecule has 0 saturated heterocycles. The fourth-order valence-corrected chi connectivity index (χ4v) is 3.34. The first kappa shape index (κ1) is 18.5. The number of methoxy groups -OCH3 is 1. The minimum atomic E-state index is -0.0820. The first-order valence-corrected chi connectivity index (χ1v) is 9.08.